The molecule has 1 atom stereocenters. The molecule has 0 aliphatic carbocycles. The van der Waals surface area contributed by atoms with E-state index >= 15 is 0 Å². The molecule has 1 aromatic heterocycles. The van der Waals surface area contributed by atoms with Crippen LogP contribution in [0.2, 0.25) is 0 Å². The highest BCUT2D eigenvalue weighted by Crippen LogP contribution is 2.42. The zero-order chi connectivity index (χ0) is 26.5. The summed E-state index contributed by atoms with van der Waals surface area (Å²) in [7, 11) is 0. The molecule has 0 saturated carbocycles. The molecule has 1 saturated heterocycles. The van der Waals surface area contributed by atoms with Crippen LogP contribution in [0, 0.1) is 0 Å². The van der Waals surface area contributed by atoms with E-state index in [9.17, 15) is 14.7 Å². The molecule has 4 aromatic rings. The van der Waals surface area contributed by atoms with Crippen molar-refractivity contribution in [2.24, 2.45) is 0 Å². The Hall–Kier alpha value is -4.36. The lowest BCUT2D eigenvalue weighted by atomic mass is 9.95. The molecule has 1 aliphatic rings. The summed E-state index contributed by atoms with van der Waals surface area (Å²) in [4.78, 5) is 29.2. The van der Waals surface area contributed by atoms with Crippen LogP contribution in [0.5, 0.6) is 17.2 Å². The summed E-state index contributed by atoms with van der Waals surface area (Å²) >= 11 is 1.51. The standard InChI is InChI=1S/C31H27NO5S/c1-2-16-36-24-13-7-10-22(19-24)29(33)27-28(32(31(35)30(27)34)20-26-15-8-17-38-26)21-9-6-14-25(18-21)37-23-11-4-3-5-12-23/h3-15,17-19,28,33H,2,16,20H2,1H3/b29-27-. The Kier molecular flexibility index (Phi) is 7.56. The smallest absolute Gasteiger partial charge is 0.295 e. The van der Waals surface area contributed by atoms with Crippen molar-refractivity contribution in [3.05, 3.63) is 118 Å². The second-order valence-corrected chi connectivity index (χ2v) is 9.90. The lowest BCUT2D eigenvalue weighted by Gasteiger charge is -2.25. The van der Waals surface area contributed by atoms with Crippen LogP contribution in [0.3, 0.4) is 0 Å². The number of rotatable bonds is 9. The van der Waals surface area contributed by atoms with Crippen molar-refractivity contribution in [2.45, 2.75) is 25.9 Å². The van der Waals surface area contributed by atoms with Crippen molar-refractivity contribution < 1.29 is 24.2 Å². The minimum atomic E-state index is -0.795. The van der Waals surface area contributed by atoms with Crippen molar-refractivity contribution in [1.82, 2.24) is 4.90 Å². The van der Waals surface area contributed by atoms with E-state index in [4.69, 9.17) is 9.47 Å². The maximum atomic E-state index is 13.4. The van der Waals surface area contributed by atoms with Crippen LogP contribution in [-0.4, -0.2) is 28.3 Å². The van der Waals surface area contributed by atoms with Gasteiger partial charge in [-0.3, -0.25) is 9.59 Å². The number of carbonyl (C=O) groups is 2. The monoisotopic (exact) mass is 525 g/mol. The third-order valence-corrected chi connectivity index (χ3v) is 7.04. The van der Waals surface area contributed by atoms with E-state index in [1.54, 1.807) is 30.3 Å². The Morgan fingerprint density at radius 2 is 1.66 bits per heavy atom. The molecule has 0 bridgehead atoms. The minimum absolute atomic E-state index is 0.0380. The lowest BCUT2D eigenvalue weighted by molar-refractivity contribution is -0.140. The van der Waals surface area contributed by atoms with Crippen LogP contribution < -0.4 is 9.47 Å². The first-order valence-electron chi connectivity index (χ1n) is 12.4. The highest BCUT2D eigenvalue weighted by atomic mass is 32.1. The van der Waals surface area contributed by atoms with Crippen molar-refractivity contribution in [3.63, 3.8) is 0 Å². The van der Waals surface area contributed by atoms with Gasteiger partial charge in [0.15, 0.2) is 0 Å². The zero-order valence-electron chi connectivity index (χ0n) is 20.9. The maximum Gasteiger partial charge on any atom is 0.295 e. The van der Waals surface area contributed by atoms with Crippen LogP contribution >= 0.6 is 11.3 Å². The van der Waals surface area contributed by atoms with Crippen LogP contribution in [0.1, 0.15) is 35.4 Å². The summed E-state index contributed by atoms with van der Waals surface area (Å²) in [5.74, 6) is 0.194. The van der Waals surface area contributed by atoms with Gasteiger partial charge >= 0.3 is 0 Å². The molecule has 1 N–H and O–H groups in total. The molecule has 0 spiro atoms. The van der Waals surface area contributed by atoms with E-state index in [0.29, 0.717) is 35.0 Å². The summed E-state index contributed by atoms with van der Waals surface area (Å²) in [6.45, 7) is 2.78. The first kappa shape index (κ1) is 25.3. The highest BCUT2D eigenvalue weighted by Gasteiger charge is 2.46. The SMILES string of the molecule is CCCOc1cccc(/C(O)=C2/C(=O)C(=O)N(Cc3cccs3)C2c2cccc(Oc3ccccc3)c2)c1. The Morgan fingerprint density at radius 3 is 2.42 bits per heavy atom. The number of Topliss-reactive ketones (excluding diaryl/α,β-unsaturated/α-hetero) is 1. The molecule has 1 fully saturated rings. The first-order valence-corrected chi connectivity index (χ1v) is 13.3. The molecule has 2 heterocycles. The van der Waals surface area contributed by atoms with Gasteiger partial charge in [-0.05, 0) is 59.8 Å². The predicted molar refractivity (Wildman–Crippen MR) is 147 cm³/mol. The Labute approximate surface area is 225 Å². The van der Waals surface area contributed by atoms with Crippen LogP contribution in [0.15, 0.2) is 102 Å². The largest absolute Gasteiger partial charge is 0.507 e. The Bertz CT molecular complexity index is 1460. The fourth-order valence-electron chi connectivity index (χ4n) is 4.44. The minimum Gasteiger partial charge on any atom is -0.507 e. The topological polar surface area (TPSA) is 76.1 Å². The lowest BCUT2D eigenvalue weighted by Crippen LogP contribution is -2.28. The highest BCUT2D eigenvalue weighted by molar-refractivity contribution is 7.09. The number of aliphatic hydroxyl groups is 1. The summed E-state index contributed by atoms with van der Waals surface area (Å²) in [5, 5.41) is 13.4. The Balaban J connectivity index is 1.59. The number of aliphatic hydroxyl groups excluding tert-OH is 1. The normalized spacial score (nSPS) is 16.6. The molecule has 1 aliphatic heterocycles. The predicted octanol–water partition coefficient (Wildman–Crippen LogP) is 6.95. The van der Waals surface area contributed by atoms with Crippen molar-refractivity contribution in [1.29, 1.82) is 0 Å². The maximum absolute atomic E-state index is 13.4. The van der Waals surface area contributed by atoms with Gasteiger partial charge in [0.05, 0.1) is 24.8 Å². The molecule has 7 heteroatoms. The zero-order valence-corrected chi connectivity index (χ0v) is 21.7. The molecule has 6 nitrogen and oxygen atoms in total. The summed E-state index contributed by atoms with van der Waals surface area (Å²) in [5.41, 5.74) is 1.11. The number of benzene rings is 3. The Morgan fingerprint density at radius 1 is 0.895 bits per heavy atom. The van der Waals surface area contributed by atoms with Crippen molar-refractivity contribution >= 4 is 28.8 Å². The fourth-order valence-corrected chi connectivity index (χ4v) is 5.14. The summed E-state index contributed by atoms with van der Waals surface area (Å²) in [6.07, 6.45) is 0.839. The van der Waals surface area contributed by atoms with Gasteiger partial charge in [0, 0.05) is 10.4 Å². The quantitative estimate of drug-likeness (QED) is 0.145. The molecule has 0 radical (unpaired) electrons. The average molecular weight is 526 g/mol. The number of likely N-dealkylation sites (tertiary alicyclic amines) is 1. The number of ether oxygens (including phenoxy) is 2. The van der Waals surface area contributed by atoms with E-state index in [-0.39, 0.29) is 17.9 Å². The summed E-state index contributed by atoms with van der Waals surface area (Å²) in [6, 6.07) is 26.6. The van der Waals surface area contributed by atoms with Crippen molar-refractivity contribution in [3.8, 4) is 17.2 Å². The van der Waals surface area contributed by atoms with Crippen LogP contribution in [0.25, 0.3) is 5.76 Å². The van der Waals surface area contributed by atoms with E-state index in [0.717, 1.165) is 11.3 Å². The van der Waals surface area contributed by atoms with Gasteiger partial charge in [-0.2, -0.15) is 0 Å². The van der Waals surface area contributed by atoms with Crippen LogP contribution in [0.4, 0.5) is 0 Å². The fraction of sp³-hybridized carbons (Fsp3) is 0.161. The van der Waals surface area contributed by atoms with Gasteiger partial charge in [0.25, 0.3) is 11.7 Å². The van der Waals surface area contributed by atoms with E-state index in [1.807, 2.05) is 73.0 Å². The molecule has 3 aromatic carbocycles. The van der Waals surface area contributed by atoms with Gasteiger partial charge in [-0.25, -0.2) is 0 Å². The molecular weight excluding hydrogens is 498 g/mol. The molecule has 1 amide bonds. The number of hydrogen-bond acceptors (Lipinski definition) is 6. The third kappa shape index (κ3) is 5.33. The number of amides is 1. The first-order chi connectivity index (χ1) is 18.5. The average Bonchev–Trinajstić information content (AvgIpc) is 3.55. The van der Waals surface area contributed by atoms with Gasteiger partial charge in [-0.1, -0.05) is 55.5 Å². The second-order valence-electron chi connectivity index (χ2n) is 8.87. The van der Waals surface area contributed by atoms with Gasteiger partial charge in [0.1, 0.15) is 23.0 Å². The van der Waals surface area contributed by atoms with Gasteiger partial charge in [-0.15, -0.1) is 11.3 Å². The van der Waals surface area contributed by atoms with Crippen molar-refractivity contribution in [2.75, 3.05) is 6.61 Å². The third-order valence-electron chi connectivity index (χ3n) is 6.18. The number of thiophene rings is 1. The number of hydrogen-bond donors (Lipinski definition) is 1. The second kappa shape index (κ2) is 11.4. The van der Waals surface area contributed by atoms with Crippen LogP contribution in [-0.2, 0) is 16.1 Å². The molecule has 1 unspecified atom stereocenters. The number of ketones is 1. The molecule has 192 valence electrons. The number of carbonyl (C=O) groups excluding carboxylic acids is 2. The van der Waals surface area contributed by atoms with E-state index < -0.39 is 17.7 Å². The molecule has 5 rings (SSSR count). The van der Waals surface area contributed by atoms with E-state index in [1.165, 1.54) is 16.2 Å². The molecule has 38 heavy (non-hydrogen) atoms. The summed E-state index contributed by atoms with van der Waals surface area (Å²) < 4.78 is 11.7. The molecular formula is C31H27NO5S. The number of para-hydroxylation sites is 1. The van der Waals surface area contributed by atoms with Gasteiger partial charge in [0.2, 0.25) is 0 Å². The number of nitrogens with zero attached hydrogens (tertiary/aromatic N) is 1. The van der Waals surface area contributed by atoms with Gasteiger partial charge < -0.3 is 19.5 Å². The van der Waals surface area contributed by atoms with E-state index in [2.05, 4.69) is 0 Å².